The van der Waals surface area contributed by atoms with E-state index in [1.807, 2.05) is 21.7 Å². The van der Waals surface area contributed by atoms with Gasteiger partial charge >= 0.3 is 5.97 Å². The summed E-state index contributed by atoms with van der Waals surface area (Å²) in [5, 5.41) is 8.93. The van der Waals surface area contributed by atoms with E-state index in [0.717, 1.165) is 31.6 Å². The average Bonchev–Trinajstić information content (AvgIpc) is 3.03. The van der Waals surface area contributed by atoms with Crippen LogP contribution in [0.25, 0.3) is 0 Å². The van der Waals surface area contributed by atoms with E-state index >= 15 is 0 Å². The quantitative estimate of drug-likeness (QED) is 0.781. The number of carbonyl (C=O) groups excluding carboxylic acids is 2. The molecule has 3 rings (SSSR count). The first-order chi connectivity index (χ1) is 12.8. The molecule has 1 aliphatic carbocycles. The second-order valence-electron chi connectivity index (χ2n) is 8.73. The number of likely N-dealkylation sites (tertiary alicyclic amines) is 2. The molecule has 0 bridgehead atoms. The standard InChI is InChI=1S/C20H33N3O4/c1-14-3-5-17(6-4-14)23-12-15(11-18(23)24)20(27)22-9-7-16(8-10-22)21(2)13-19(25)26/h14-17H,3-13H2,1-2H3,(H,25,26)/t14?,15-,17?/m0/s1. The molecule has 7 heteroatoms. The van der Waals surface area contributed by atoms with Crippen LogP contribution < -0.4 is 0 Å². The molecule has 0 unspecified atom stereocenters. The molecule has 1 N–H and O–H groups in total. The zero-order valence-electron chi connectivity index (χ0n) is 16.6. The van der Waals surface area contributed by atoms with Crippen molar-refractivity contribution < 1.29 is 19.5 Å². The molecule has 2 saturated heterocycles. The van der Waals surface area contributed by atoms with Crippen molar-refractivity contribution in [1.82, 2.24) is 14.7 Å². The highest BCUT2D eigenvalue weighted by Gasteiger charge is 2.40. The van der Waals surface area contributed by atoms with E-state index in [4.69, 9.17) is 5.11 Å². The fourth-order valence-electron chi connectivity index (χ4n) is 4.93. The minimum absolute atomic E-state index is 0.0324. The number of amides is 2. The molecule has 0 radical (unpaired) electrons. The van der Waals surface area contributed by atoms with E-state index in [2.05, 4.69) is 6.92 Å². The Bertz CT molecular complexity index is 566. The summed E-state index contributed by atoms with van der Waals surface area (Å²) < 4.78 is 0. The van der Waals surface area contributed by atoms with Crippen molar-refractivity contribution in [2.45, 2.75) is 64.0 Å². The van der Waals surface area contributed by atoms with Gasteiger partial charge in [-0.1, -0.05) is 6.92 Å². The molecule has 27 heavy (non-hydrogen) atoms. The van der Waals surface area contributed by atoms with E-state index < -0.39 is 5.97 Å². The van der Waals surface area contributed by atoms with E-state index in [9.17, 15) is 14.4 Å². The summed E-state index contributed by atoms with van der Waals surface area (Å²) in [6, 6.07) is 0.526. The van der Waals surface area contributed by atoms with Gasteiger partial charge in [-0.2, -0.15) is 0 Å². The van der Waals surface area contributed by atoms with Gasteiger partial charge in [-0.15, -0.1) is 0 Å². The molecular weight excluding hydrogens is 346 g/mol. The van der Waals surface area contributed by atoms with Gasteiger partial charge in [0, 0.05) is 38.1 Å². The number of hydrogen-bond acceptors (Lipinski definition) is 4. The van der Waals surface area contributed by atoms with Crippen LogP contribution in [0.3, 0.4) is 0 Å². The molecule has 0 aromatic carbocycles. The lowest BCUT2D eigenvalue weighted by Crippen LogP contribution is -2.48. The molecule has 2 amide bonds. The highest BCUT2D eigenvalue weighted by molar-refractivity contribution is 5.89. The lowest BCUT2D eigenvalue weighted by atomic mass is 9.86. The summed E-state index contributed by atoms with van der Waals surface area (Å²) in [7, 11) is 1.83. The van der Waals surface area contributed by atoms with Gasteiger partial charge in [0.05, 0.1) is 12.5 Å². The third kappa shape index (κ3) is 4.81. The maximum atomic E-state index is 12.9. The third-order valence-electron chi connectivity index (χ3n) is 6.72. The monoisotopic (exact) mass is 379 g/mol. The summed E-state index contributed by atoms with van der Waals surface area (Å²) >= 11 is 0. The fraction of sp³-hybridized carbons (Fsp3) is 0.850. The normalized spacial score (nSPS) is 30.2. The highest BCUT2D eigenvalue weighted by atomic mass is 16.4. The van der Waals surface area contributed by atoms with Crippen LogP contribution in [0.2, 0.25) is 0 Å². The van der Waals surface area contributed by atoms with Crippen molar-refractivity contribution in [1.29, 1.82) is 0 Å². The van der Waals surface area contributed by atoms with E-state index in [0.29, 0.717) is 32.1 Å². The van der Waals surface area contributed by atoms with Gasteiger partial charge in [0.25, 0.3) is 0 Å². The third-order valence-corrected chi connectivity index (χ3v) is 6.72. The van der Waals surface area contributed by atoms with Crippen LogP contribution in [0, 0.1) is 11.8 Å². The van der Waals surface area contributed by atoms with E-state index in [1.54, 1.807) is 0 Å². The molecule has 7 nitrogen and oxygen atoms in total. The number of carbonyl (C=O) groups is 3. The van der Waals surface area contributed by atoms with Gasteiger partial charge in [-0.05, 0) is 51.5 Å². The lowest BCUT2D eigenvalue weighted by molar-refractivity contribution is -0.140. The Labute approximate surface area is 161 Å². The molecule has 152 valence electrons. The van der Waals surface area contributed by atoms with Gasteiger partial charge in [-0.3, -0.25) is 19.3 Å². The number of nitrogens with zero attached hydrogens (tertiary/aromatic N) is 3. The molecular formula is C20H33N3O4. The summed E-state index contributed by atoms with van der Waals surface area (Å²) in [6.45, 7) is 4.18. The molecule has 1 atom stereocenters. The van der Waals surface area contributed by atoms with Crippen molar-refractivity contribution in [3.8, 4) is 0 Å². The topological polar surface area (TPSA) is 81.2 Å². The minimum Gasteiger partial charge on any atom is -0.480 e. The second-order valence-corrected chi connectivity index (χ2v) is 8.73. The van der Waals surface area contributed by atoms with E-state index in [-0.39, 0.29) is 30.3 Å². The largest absolute Gasteiger partial charge is 0.480 e. The van der Waals surface area contributed by atoms with Crippen molar-refractivity contribution >= 4 is 17.8 Å². The molecule has 2 aliphatic heterocycles. The van der Waals surface area contributed by atoms with Gasteiger partial charge < -0.3 is 14.9 Å². The van der Waals surface area contributed by atoms with Crippen molar-refractivity contribution in [2.75, 3.05) is 33.2 Å². The minimum atomic E-state index is -0.822. The lowest BCUT2D eigenvalue weighted by Gasteiger charge is -2.37. The Kier molecular flexibility index (Phi) is 6.40. The number of rotatable bonds is 5. The first-order valence-electron chi connectivity index (χ1n) is 10.4. The molecule has 3 fully saturated rings. The maximum Gasteiger partial charge on any atom is 0.317 e. The predicted octanol–water partition coefficient (Wildman–Crippen LogP) is 1.42. The van der Waals surface area contributed by atoms with Crippen molar-refractivity contribution in [2.24, 2.45) is 11.8 Å². The SMILES string of the molecule is CC1CCC(N2C[C@@H](C(=O)N3CCC(N(C)CC(=O)O)CC3)CC2=O)CC1. The Balaban J connectivity index is 1.49. The highest BCUT2D eigenvalue weighted by Crippen LogP contribution is 2.32. The number of hydrogen-bond donors (Lipinski definition) is 1. The molecule has 3 aliphatic rings. The fourth-order valence-corrected chi connectivity index (χ4v) is 4.93. The number of carboxylic acids is 1. The van der Waals surface area contributed by atoms with Crippen molar-refractivity contribution in [3.63, 3.8) is 0 Å². The number of aliphatic carboxylic acids is 1. The van der Waals surface area contributed by atoms with Crippen LogP contribution in [0.5, 0.6) is 0 Å². The molecule has 2 heterocycles. The summed E-state index contributed by atoms with van der Waals surface area (Å²) in [5.41, 5.74) is 0. The van der Waals surface area contributed by atoms with Gasteiger partial charge in [0.15, 0.2) is 0 Å². The zero-order valence-corrected chi connectivity index (χ0v) is 16.6. The molecule has 1 saturated carbocycles. The average molecular weight is 380 g/mol. The Morgan fingerprint density at radius 1 is 1.11 bits per heavy atom. The summed E-state index contributed by atoms with van der Waals surface area (Å²) in [6.07, 6.45) is 6.41. The summed E-state index contributed by atoms with van der Waals surface area (Å²) in [5.74, 6) is -0.0295. The first kappa shape index (κ1) is 20.1. The number of piperidine rings is 1. The summed E-state index contributed by atoms with van der Waals surface area (Å²) in [4.78, 5) is 42.0. The van der Waals surface area contributed by atoms with Crippen LogP contribution in [-0.2, 0) is 14.4 Å². The predicted molar refractivity (Wildman–Crippen MR) is 101 cm³/mol. The molecule has 0 aromatic heterocycles. The second kappa shape index (κ2) is 8.59. The molecule has 0 aromatic rings. The maximum absolute atomic E-state index is 12.9. The van der Waals surface area contributed by atoms with Crippen LogP contribution >= 0.6 is 0 Å². The van der Waals surface area contributed by atoms with Crippen LogP contribution in [0.15, 0.2) is 0 Å². The van der Waals surface area contributed by atoms with Gasteiger partial charge in [0.1, 0.15) is 0 Å². The number of likely N-dealkylation sites (N-methyl/N-ethyl adjacent to an activating group) is 1. The Morgan fingerprint density at radius 3 is 2.33 bits per heavy atom. The van der Waals surface area contributed by atoms with Gasteiger partial charge in [0.2, 0.25) is 11.8 Å². The molecule has 0 spiro atoms. The van der Waals surface area contributed by atoms with Crippen LogP contribution in [0.4, 0.5) is 0 Å². The van der Waals surface area contributed by atoms with Crippen LogP contribution in [0.1, 0.15) is 51.9 Å². The van der Waals surface area contributed by atoms with Crippen LogP contribution in [-0.4, -0.2) is 82.9 Å². The first-order valence-corrected chi connectivity index (χ1v) is 10.4. The Morgan fingerprint density at radius 2 is 1.74 bits per heavy atom. The van der Waals surface area contributed by atoms with Gasteiger partial charge in [-0.25, -0.2) is 0 Å². The zero-order chi connectivity index (χ0) is 19.6. The van der Waals surface area contributed by atoms with Crippen molar-refractivity contribution in [3.05, 3.63) is 0 Å². The van der Waals surface area contributed by atoms with E-state index in [1.165, 1.54) is 12.8 Å². The number of carboxylic acid groups (broad SMARTS) is 1. The smallest absolute Gasteiger partial charge is 0.317 e. The Hall–Kier alpha value is -1.63.